The quantitative estimate of drug-likeness (QED) is 0.565. The molecule has 4 N–H and O–H groups in total. The number of hydrogen-bond acceptors (Lipinski definition) is 4. The van der Waals surface area contributed by atoms with E-state index in [1.807, 2.05) is 36.4 Å². The fourth-order valence-electron chi connectivity index (χ4n) is 1.84. The summed E-state index contributed by atoms with van der Waals surface area (Å²) >= 11 is 0. The Morgan fingerprint density at radius 3 is 1.40 bits per heavy atom. The molecule has 0 spiro atoms. The maximum atomic E-state index is 10.3. The van der Waals surface area contributed by atoms with Crippen molar-refractivity contribution >= 4 is 33.7 Å². The van der Waals surface area contributed by atoms with Crippen molar-refractivity contribution in [2.45, 2.75) is 0 Å². The maximum Gasteiger partial charge on any atom is 0.178 e. The van der Waals surface area contributed by atoms with Gasteiger partial charge in [-0.3, -0.25) is 9.59 Å². The van der Waals surface area contributed by atoms with Crippen LogP contribution in [0.25, 0.3) is 10.8 Å². The summed E-state index contributed by atoms with van der Waals surface area (Å²) in [6, 6.07) is 11.6. The number of nitrogen functional groups attached to an aromatic ring is 2. The molecule has 3 rings (SSSR count). The van der Waals surface area contributed by atoms with Crippen LogP contribution in [-0.4, -0.2) is 11.6 Å². The normalized spacial score (nSPS) is 13.2. The molecule has 20 heavy (non-hydrogen) atoms. The van der Waals surface area contributed by atoms with Gasteiger partial charge in [0.05, 0.1) is 0 Å². The second-order valence-corrected chi connectivity index (χ2v) is 4.26. The summed E-state index contributed by atoms with van der Waals surface area (Å²) in [6.45, 7) is 0. The summed E-state index contributed by atoms with van der Waals surface area (Å²) in [6.07, 6.45) is 5.01. The van der Waals surface area contributed by atoms with Crippen molar-refractivity contribution in [3.8, 4) is 0 Å². The van der Waals surface area contributed by atoms with Gasteiger partial charge in [-0.05, 0) is 41.8 Å². The summed E-state index contributed by atoms with van der Waals surface area (Å²) in [7, 11) is 0. The monoisotopic (exact) mass is 266 g/mol. The van der Waals surface area contributed by atoms with Gasteiger partial charge in [0.25, 0.3) is 0 Å². The first kappa shape index (κ1) is 13.5. The van der Waals surface area contributed by atoms with Gasteiger partial charge in [0, 0.05) is 16.8 Å². The van der Waals surface area contributed by atoms with Crippen molar-refractivity contribution in [2.75, 3.05) is 11.5 Å². The first-order valence-corrected chi connectivity index (χ1v) is 6.04. The van der Waals surface area contributed by atoms with Crippen LogP contribution in [0, 0.1) is 0 Å². The van der Waals surface area contributed by atoms with Gasteiger partial charge in [0.15, 0.2) is 11.6 Å². The second-order valence-electron chi connectivity index (χ2n) is 4.26. The molecule has 0 aromatic heterocycles. The molecule has 2 aromatic carbocycles. The van der Waals surface area contributed by atoms with Crippen molar-refractivity contribution in [2.24, 2.45) is 0 Å². The number of carbonyl (C=O) groups excluding carboxylic acids is 2. The van der Waals surface area contributed by atoms with E-state index in [9.17, 15) is 9.59 Å². The zero-order valence-electron chi connectivity index (χ0n) is 10.7. The topological polar surface area (TPSA) is 86.2 Å². The lowest BCUT2D eigenvalue weighted by Crippen LogP contribution is -1.97. The standard InChI is InChI=1S/C10H10N2.C6H4O2/c11-8-5-1-3-7-4-2-6-9(12)10(7)8;7-5-1-2-6(8)4-3-5/h1-6H,11-12H2;1-4H. The van der Waals surface area contributed by atoms with Crippen LogP contribution in [0.3, 0.4) is 0 Å². The smallest absolute Gasteiger partial charge is 0.178 e. The van der Waals surface area contributed by atoms with Crippen LogP contribution in [0.1, 0.15) is 0 Å². The molecule has 100 valence electrons. The van der Waals surface area contributed by atoms with Crippen LogP contribution in [-0.2, 0) is 9.59 Å². The Labute approximate surface area is 116 Å². The van der Waals surface area contributed by atoms with E-state index in [2.05, 4.69) is 0 Å². The fraction of sp³-hybridized carbons (Fsp3) is 0. The van der Waals surface area contributed by atoms with Gasteiger partial charge >= 0.3 is 0 Å². The van der Waals surface area contributed by atoms with Crippen LogP contribution in [0.2, 0.25) is 0 Å². The minimum atomic E-state index is -0.121. The van der Waals surface area contributed by atoms with Gasteiger partial charge in [0.2, 0.25) is 0 Å². The first-order valence-electron chi connectivity index (χ1n) is 6.04. The van der Waals surface area contributed by atoms with Crippen LogP contribution in [0.4, 0.5) is 11.4 Å². The van der Waals surface area contributed by atoms with E-state index in [1.54, 1.807) is 0 Å². The molecule has 4 nitrogen and oxygen atoms in total. The first-order chi connectivity index (χ1) is 9.58. The number of allylic oxidation sites excluding steroid dienone is 4. The average molecular weight is 266 g/mol. The van der Waals surface area contributed by atoms with Crippen molar-refractivity contribution in [1.82, 2.24) is 0 Å². The van der Waals surface area contributed by atoms with E-state index in [1.165, 1.54) is 24.3 Å². The summed E-state index contributed by atoms with van der Waals surface area (Å²) in [4.78, 5) is 20.6. The SMILES string of the molecule is Nc1cccc2cccc(N)c12.O=C1C=CC(=O)C=C1. The number of hydrogen-bond donors (Lipinski definition) is 2. The van der Waals surface area contributed by atoms with Gasteiger partial charge in [-0.25, -0.2) is 0 Å². The third kappa shape index (κ3) is 3.11. The molecule has 0 radical (unpaired) electrons. The Morgan fingerprint density at radius 1 is 0.650 bits per heavy atom. The summed E-state index contributed by atoms with van der Waals surface area (Å²) in [5.41, 5.74) is 13.0. The third-order valence-electron chi connectivity index (χ3n) is 2.79. The summed E-state index contributed by atoms with van der Waals surface area (Å²) in [5, 5.41) is 2.05. The van der Waals surface area contributed by atoms with E-state index in [-0.39, 0.29) is 11.6 Å². The number of benzene rings is 2. The number of rotatable bonds is 0. The number of fused-ring (bicyclic) bond motifs is 1. The highest BCUT2D eigenvalue weighted by atomic mass is 16.1. The minimum Gasteiger partial charge on any atom is -0.398 e. The van der Waals surface area contributed by atoms with Gasteiger partial charge in [-0.2, -0.15) is 0 Å². The molecule has 1 aliphatic carbocycles. The highest BCUT2D eigenvalue weighted by molar-refractivity contribution is 6.14. The second kappa shape index (κ2) is 5.84. The highest BCUT2D eigenvalue weighted by Gasteiger charge is 1.99. The van der Waals surface area contributed by atoms with Crippen LogP contribution in [0.5, 0.6) is 0 Å². The van der Waals surface area contributed by atoms with Gasteiger partial charge < -0.3 is 11.5 Å². The Bertz CT molecular complexity index is 656. The predicted octanol–water partition coefficient (Wildman–Crippen LogP) is 2.25. The van der Waals surface area contributed by atoms with Gasteiger partial charge in [-0.15, -0.1) is 0 Å². The van der Waals surface area contributed by atoms with Crippen LogP contribution in [0.15, 0.2) is 60.7 Å². The molecule has 0 atom stereocenters. The van der Waals surface area contributed by atoms with Crippen molar-refractivity contribution in [3.05, 3.63) is 60.7 Å². The summed E-state index contributed by atoms with van der Waals surface area (Å²) in [5.74, 6) is -0.241. The Kier molecular flexibility index (Phi) is 3.96. The lowest BCUT2D eigenvalue weighted by atomic mass is 10.1. The molecule has 0 saturated heterocycles. The maximum absolute atomic E-state index is 10.3. The largest absolute Gasteiger partial charge is 0.398 e. The molecule has 0 bridgehead atoms. The Balaban J connectivity index is 0.000000160. The third-order valence-corrected chi connectivity index (χ3v) is 2.79. The molecule has 0 saturated carbocycles. The van der Waals surface area contributed by atoms with Crippen molar-refractivity contribution in [1.29, 1.82) is 0 Å². The van der Waals surface area contributed by atoms with E-state index in [4.69, 9.17) is 11.5 Å². The lowest BCUT2D eigenvalue weighted by Gasteiger charge is -2.03. The molecule has 2 aromatic rings. The number of nitrogens with two attached hydrogens (primary N) is 2. The van der Waals surface area contributed by atoms with Gasteiger partial charge in [0.1, 0.15) is 0 Å². The number of anilines is 2. The molecule has 0 unspecified atom stereocenters. The average Bonchev–Trinajstić information content (AvgIpc) is 2.43. The van der Waals surface area contributed by atoms with E-state index < -0.39 is 0 Å². The zero-order valence-corrected chi connectivity index (χ0v) is 10.7. The summed E-state index contributed by atoms with van der Waals surface area (Å²) < 4.78 is 0. The molecule has 0 fully saturated rings. The minimum absolute atomic E-state index is 0.121. The molecular weight excluding hydrogens is 252 g/mol. The molecule has 1 aliphatic rings. The lowest BCUT2D eigenvalue weighted by molar-refractivity contribution is -0.113. The molecule has 0 aliphatic heterocycles. The predicted molar refractivity (Wildman–Crippen MR) is 81.1 cm³/mol. The molecule has 0 heterocycles. The van der Waals surface area contributed by atoms with E-state index in [0.29, 0.717) is 0 Å². The van der Waals surface area contributed by atoms with Crippen molar-refractivity contribution < 1.29 is 9.59 Å². The molecular formula is C16H14N2O2. The fourth-order valence-corrected chi connectivity index (χ4v) is 1.84. The van der Waals surface area contributed by atoms with Crippen molar-refractivity contribution in [3.63, 3.8) is 0 Å². The van der Waals surface area contributed by atoms with Gasteiger partial charge in [-0.1, -0.05) is 24.3 Å². The Morgan fingerprint density at radius 2 is 1.05 bits per heavy atom. The van der Waals surface area contributed by atoms with E-state index >= 15 is 0 Å². The number of ketones is 2. The number of carbonyl (C=O) groups is 2. The van der Waals surface area contributed by atoms with E-state index in [0.717, 1.165) is 22.1 Å². The molecule has 0 amide bonds. The van der Waals surface area contributed by atoms with Crippen LogP contribution >= 0.6 is 0 Å². The zero-order chi connectivity index (χ0) is 14.5. The highest BCUT2D eigenvalue weighted by Crippen LogP contribution is 2.25. The Hall–Kier alpha value is -2.88. The molecule has 4 heteroatoms. The van der Waals surface area contributed by atoms with Crippen LogP contribution < -0.4 is 11.5 Å².